The number of phenolic OH excluding ortho intramolecular Hbond substituents is 1. The van der Waals surface area contributed by atoms with Crippen LogP contribution in [0, 0.1) is 17.8 Å². The molecular weight excluding hydrogens is 366 g/mol. The van der Waals surface area contributed by atoms with E-state index in [1.54, 1.807) is 36.6 Å². The fourth-order valence-corrected chi connectivity index (χ4v) is 4.78. The Balaban J connectivity index is 1.92. The normalized spacial score (nSPS) is 27.2. The quantitative estimate of drug-likeness (QED) is 0.690. The largest absolute Gasteiger partial charge is 0.508 e. The fourth-order valence-electron chi connectivity index (χ4n) is 4.78. The molecule has 5 nitrogen and oxygen atoms in total. The van der Waals surface area contributed by atoms with E-state index in [0.717, 1.165) is 31.2 Å². The first-order chi connectivity index (χ1) is 13.9. The lowest BCUT2D eigenvalue weighted by molar-refractivity contribution is -0.141. The Morgan fingerprint density at radius 3 is 2.34 bits per heavy atom. The molecule has 1 N–H and O–H groups in total. The van der Waals surface area contributed by atoms with E-state index in [2.05, 4.69) is 18.8 Å². The number of aliphatic imine (C=N–C) groups is 1. The molecule has 5 heteroatoms. The molecule has 2 atom stereocenters. The van der Waals surface area contributed by atoms with Gasteiger partial charge in [-0.3, -0.25) is 14.6 Å². The lowest BCUT2D eigenvalue weighted by Crippen LogP contribution is -2.45. The number of rotatable bonds is 7. The highest BCUT2D eigenvalue weighted by molar-refractivity contribution is 5.99. The summed E-state index contributed by atoms with van der Waals surface area (Å²) in [4.78, 5) is 30.6. The predicted octanol–water partition coefficient (Wildman–Crippen LogP) is 4.45. The van der Waals surface area contributed by atoms with E-state index in [-0.39, 0.29) is 29.8 Å². The summed E-state index contributed by atoms with van der Waals surface area (Å²) in [6, 6.07) is 6.67. The van der Waals surface area contributed by atoms with Crippen LogP contribution in [-0.2, 0) is 14.3 Å². The Labute approximate surface area is 172 Å². The first-order valence-electron chi connectivity index (χ1n) is 10.5. The summed E-state index contributed by atoms with van der Waals surface area (Å²) in [6.07, 6.45) is 9.18. The van der Waals surface area contributed by atoms with Crippen molar-refractivity contribution < 1.29 is 19.4 Å². The molecule has 1 fully saturated rings. The van der Waals surface area contributed by atoms with Crippen LogP contribution in [0.1, 0.15) is 57.4 Å². The molecule has 2 unspecified atom stereocenters. The number of aromatic hydroxyl groups is 1. The summed E-state index contributed by atoms with van der Waals surface area (Å²) < 4.78 is 4.92. The summed E-state index contributed by atoms with van der Waals surface area (Å²) in [5.41, 5.74) is -0.304. The van der Waals surface area contributed by atoms with Crippen LogP contribution in [0.4, 0.5) is 0 Å². The SMILES string of the molecule is COC(=O)CC(c1ccc(O)cc1)C1(C(=O)C2CCC(C(C)C)CC2)C=CC=N1. The van der Waals surface area contributed by atoms with Crippen molar-refractivity contribution in [2.45, 2.75) is 57.4 Å². The first-order valence-corrected chi connectivity index (χ1v) is 10.5. The smallest absolute Gasteiger partial charge is 0.306 e. The minimum Gasteiger partial charge on any atom is -0.508 e. The third-order valence-corrected chi connectivity index (χ3v) is 6.63. The molecule has 3 rings (SSSR count). The number of Topliss-reactive ketones (excluding diaryl/α,β-unsaturated/α-hetero) is 1. The zero-order valence-electron chi connectivity index (χ0n) is 17.5. The molecule has 29 heavy (non-hydrogen) atoms. The van der Waals surface area contributed by atoms with Gasteiger partial charge in [-0.05, 0) is 67.4 Å². The van der Waals surface area contributed by atoms with Gasteiger partial charge in [-0.2, -0.15) is 0 Å². The van der Waals surface area contributed by atoms with Crippen LogP contribution < -0.4 is 0 Å². The third-order valence-electron chi connectivity index (χ3n) is 6.63. The monoisotopic (exact) mass is 397 g/mol. The topological polar surface area (TPSA) is 76.0 Å². The second kappa shape index (κ2) is 8.93. The molecule has 1 saturated carbocycles. The Morgan fingerprint density at radius 2 is 1.83 bits per heavy atom. The maximum absolute atomic E-state index is 13.8. The molecule has 1 aliphatic heterocycles. The zero-order chi connectivity index (χ0) is 21.0. The van der Waals surface area contributed by atoms with E-state index < -0.39 is 11.5 Å². The molecule has 1 aromatic rings. The van der Waals surface area contributed by atoms with Crippen molar-refractivity contribution in [1.29, 1.82) is 0 Å². The van der Waals surface area contributed by atoms with Gasteiger partial charge in [0, 0.05) is 18.1 Å². The third kappa shape index (κ3) is 4.44. The van der Waals surface area contributed by atoms with Gasteiger partial charge in [0.2, 0.25) is 0 Å². The van der Waals surface area contributed by atoms with Crippen molar-refractivity contribution in [1.82, 2.24) is 0 Å². The van der Waals surface area contributed by atoms with Crippen LogP contribution in [0.15, 0.2) is 41.4 Å². The number of methoxy groups -OCH3 is 1. The summed E-state index contributed by atoms with van der Waals surface area (Å²) in [7, 11) is 1.35. The summed E-state index contributed by atoms with van der Waals surface area (Å²) in [6.45, 7) is 4.49. The minimum atomic E-state index is -1.10. The van der Waals surface area contributed by atoms with Crippen molar-refractivity contribution in [2.75, 3.05) is 7.11 Å². The number of benzene rings is 1. The van der Waals surface area contributed by atoms with Crippen LogP contribution >= 0.6 is 0 Å². The summed E-state index contributed by atoms with van der Waals surface area (Å²) >= 11 is 0. The van der Waals surface area contributed by atoms with Gasteiger partial charge in [0.15, 0.2) is 5.78 Å². The predicted molar refractivity (Wildman–Crippen MR) is 113 cm³/mol. The lowest BCUT2D eigenvalue weighted by Gasteiger charge is -2.38. The highest BCUT2D eigenvalue weighted by Gasteiger charge is 2.49. The molecule has 1 aliphatic carbocycles. The Bertz CT molecular complexity index is 774. The average Bonchev–Trinajstić information content (AvgIpc) is 3.23. The van der Waals surface area contributed by atoms with Crippen LogP contribution in [0.2, 0.25) is 0 Å². The van der Waals surface area contributed by atoms with Gasteiger partial charge < -0.3 is 9.84 Å². The second-order valence-electron chi connectivity index (χ2n) is 8.61. The molecule has 0 spiro atoms. The van der Waals surface area contributed by atoms with Gasteiger partial charge >= 0.3 is 5.97 Å². The van der Waals surface area contributed by atoms with Crippen molar-refractivity contribution in [3.8, 4) is 5.75 Å². The highest BCUT2D eigenvalue weighted by atomic mass is 16.5. The van der Waals surface area contributed by atoms with Crippen LogP contribution in [-0.4, -0.2) is 35.7 Å². The van der Waals surface area contributed by atoms with E-state index >= 15 is 0 Å². The number of hydrogen-bond donors (Lipinski definition) is 1. The van der Waals surface area contributed by atoms with Crippen molar-refractivity contribution in [3.63, 3.8) is 0 Å². The molecule has 0 bridgehead atoms. The van der Waals surface area contributed by atoms with E-state index in [4.69, 9.17) is 4.74 Å². The van der Waals surface area contributed by atoms with Crippen LogP contribution in [0.5, 0.6) is 5.75 Å². The van der Waals surface area contributed by atoms with Crippen molar-refractivity contribution in [3.05, 3.63) is 42.0 Å². The van der Waals surface area contributed by atoms with E-state index in [0.29, 0.717) is 11.8 Å². The molecule has 156 valence electrons. The fraction of sp³-hybridized carbons (Fsp3) is 0.542. The number of carbonyl (C=O) groups is 2. The molecule has 0 amide bonds. The van der Waals surface area contributed by atoms with Gasteiger partial charge in [-0.1, -0.05) is 26.0 Å². The molecule has 2 aliphatic rings. The number of esters is 1. The van der Waals surface area contributed by atoms with Gasteiger partial charge in [0.05, 0.1) is 13.5 Å². The van der Waals surface area contributed by atoms with Crippen LogP contribution in [0.25, 0.3) is 0 Å². The average molecular weight is 398 g/mol. The van der Waals surface area contributed by atoms with E-state index in [9.17, 15) is 14.7 Å². The Morgan fingerprint density at radius 1 is 1.17 bits per heavy atom. The maximum Gasteiger partial charge on any atom is 0.306 e. The Hall–Kier alpha value is -2.43. The van der Waals surface area contributed by atoms with Crippen molar-refractivity contribution >= 4 is 18.0 Å². The highest BCUT2D eigenvalue weighted by Crippen LogP contribution is 2.44. The van der Waals surface area contributed by atoms with Crippen LogP contribution in [0.3, 0.4) is 0 Å². The molecule has 0 saturated heterocycles. The summed E-state index contributed by atoms with van der Waals surface area (Å²) in [5.74, 6) is 0.626. The van der Waals surface area contributed by atoms with E-state index in [1.807, 2.05) is 6.08 Å². The minimum absolute atomic E-state index is 0.0516. The first kappa shape index (κ1) is 21.3. The summed E-state index contributed by atoms with van der Waals surface area (Å²) in [5, 5.41) is 9.68. The number of allylic oxidation sites excluding steroid dienone is 1. The number of ether oxygens (including phenoxy) is 1. The van der Waals surface area contributed by atoms with E-state index in [1.165, 1.54) is 7.11 Å². The van der Waals surface area contributed by atoms with Crippen molar-refractivity contribution in [2.24, 2.45) is 22.7 Å². The standard InChI is InChI=1S/C24H31NO4/c1-16(2)17-5-7-19(8-6-17)23(28)24(13-4-14-25-24)21(15-22(27)29-3)18-9-11-20(26)12-10-18/h4,9-14,16-17,19,21,26H,5-8,15H2,1-3H3. The number of hydrogen-bond acceptors (Lipinski definition) is 5. The second-order valence-corrected chi connectivity index (χ2v) is 8.61. The molecule has 1 aromatic carbocycles. The van der Waals surface area contributed by atoms with Gasteiger partial charge in [0.1, 0.15) is 11.3 Å². The zero-order valence-corrected chi connectivity index (χ0v) is 17.5. The Kier molecular flexibility index (Phi) is 6.56. The van der Waals surface area contributed by atoms with Gasteiger partial charge in [0.25, 0.3) is 0 Å². The molecule has 0 radical (unpaired) electrons. The lowest BCUT2D eigenvalue weighted by atomic mass is 9.67. The number of ketones is 1. The molecule has 1 heterocycles. The number of phenols is 1. The van der Waals surface area contributed by atoms with Gasteiger partial charge in [-0.15, -0.1) is 0 Å². The molecule has 0 aromatic heterocycles. The number of carbonyl (C=O) groups excluding carboxylic acids is 2. The maximum atomic E-state index is 13.8. The van der Waals surface area contributed by atoms with Gasteiger partial charge in [-0.25, -0.2) is 0 Å². The number of nitrogens with zero attached hydrogens (tertiary/aromatic N) is 1. The molecular formula is C24H31NO4.